The molecular weight excluding hydrogens is 554 g/mol. The van der Waals surface area contributed by atoms with Crippen molar-refractivity contribution in [2.45, 2.75) is 212 Å². The summed E-state index contributed by atoms with van der Waals surface area (Å²) in [6.07, 6.45) is 49.0. The minimum Gasteiger partial charge on any atom is -0.394 e. The maximum atomic E-state index is 11.9. The van der Waals surface area contributed by atoms with Gasteiger partial charge in [-0.3, -0.25) is 4.79 Å². The summed E-state index contributed by atoms with van der Waals surface area (Å²) in [6, 6.07) is -0.638. The number of carbonyl (C=O) groups is 1. The zero-order chi connectivity index (χ0) is 32.9. The Hall–Kier alpha value is -1.39. The number of nitrogens with one attached hydrogen (secondary N) is 1. The summed E-state index contributed by atoms with van der Waals surface area (Å²) < 4.78 is 0. The maximum Gasteiger partial charge on any atom is 0.220 e. The van der Waals surface area contributed by atoms with Crippen molar-refractivity contribution in [3.8, 4) is 0 Å². The topological polar surface area (TPSA) is 69.6 Å². The highest BCUT2D eigenvalue weighted by atomic mass is 16.3. The molecule has 3 N–H and O–H groups in total. The molecule has 0 saturated carbocycles. The first-order valence-corrected chi connectivity index (χ1v) is 19.7. The van der Waals surface area contributed by atoms with Gasteiger partial charge in [0.15, 0.2) is 0 Å². The van der Waals surface area contributed by atoms with Gasteiger partial charge in [-0.2, -0.15) is 0 Å². The van der Waals surface area contributed by atoms with E-state index in [1.807, 2.05) is 6.08 Å². The molecule has 1 amide bonds. The zero-order valence-corrected chi connectivity index (χ0v) is 30.1. The van der Waals surface area contributed by atoms with Crippen LogP contribution in [-0.2, 0) is 4.79 Å². The van der Waals surface area contributed by atoms with Crippen LogP contribution in [0.1, 0.15) is 200 Å². The molecule has 0 aromatic heterocycles. The number of aliphatic hydroxyl groups excluding tert-OH is 2. The van der Waals surface area contributed by atoms with Gasteiger partial charge in [0, 0.05) is 6.42 Å². The van der Waals surface area contributed by atoms with E-state index in [4.69, 9.17) is 0 Å². The maximum absolute atomic E-state index is 11.9. The lowest BCUT2D eigenvalue weighted by Crippen LogP contribution is -2.45. The summed E-state index contributed by atoms with van der Waals surface area (Å²) in [7, 11) is 0. The van der Waals surface area contributed by atoms with E-state index in [1.165, 1.54) is 135 Å². The molecule has 0 aliphatic carbocycles. The number of hydrogen-bond donors (Lipinski definition) is 3. The fourth-order valence-electron chi connectivity index (χ4n) is 5.80. The van der Waals surface area contributed by atoms with Crippen molar-refractivity contribution >= 4 is 5.91 Å². The first-order chi connectivity index (χ1) is 22.2. The first kappa shape index (κ1) is 43.6. The highest BCUT2D eigenvalue weighted by Crippen LogP contribution is 2.15. The average molecular weight is 632 g/mol. The van der Waals surface area contributed by atoms with Gasteiger partial charge in [-0.1, -0.05) is 185 Å². The lowest BCUT2D eigenvalue weighted by Gasteiger charge is -2.19. The van der Waals surface area contributed by atoms with Crippen molar-refractivity contribution in [3.63, 3.8) is 0 Å². The standard InChI is InChI=1S/C41H77NO3/c1-3-5-7-8-9-10-11-12-13-14-15-16-17-18-19-20-21-22-23-24-25-26-27-28-29-30-31-32-33-35-36-40(44)39(38-43)42-41(45)37-34-6-4-2/h26-27,30-31,35-36,39-40,43-44H,3-25,28-29,32-34,37-38H2,1-2H3,(H,42,45)/b27-26+,31-30+,36-35+. The predicted molar refractivity (Wildman–Crippen MR) is 198 cm³/mol. The molecule has 0 bridgehead atoms. The smallest absolute Gasteiger partial charge is 0.220 e. The summed E-state index contributed by atoms with van der Waals surface area (Å²) in [6.45, 7) is 4.13. The molecule has 0 aliphatic rings. The molecule has 264 valence electrons. The molecule has 2 atom stereocenters. The Balaban J connectivity index is 3.44. The van der Waals surface area contributed by atoms with Crippen LogP contribution in [0.25, 0.3) is 0 Å². The second-order valence-electron chi connectivity index (χ2n) is 13.3. The third-order valence-corrected chi connectivity index (χ3v) is 8.85. The third kappa shape index (κ3) is 33.8. The first-order valence-electron chi connectivity index (χ1n) is 19.7. The summed E-state index contributed by atoms with van der Waals surface area (Å²) in [4.78, 5) is 11.9. The van der Waals surface area contributed by atoms with Crippen molar-refractivity contribution in [2.75, 3.05) is 6.61 Å². The number of amides is 1. The molecule has 0 heterocycles. The van der Waals surface area contributed by atoms with Crippen LogP contribution in [-0.4, -0.2) is 34.9 Å². The Kier molecular flexibility index (Phi) is 35.9. The summed E-state index contributed by atoms with van der Waals surface area (Å²) in [5, 5.41) is 22.5. The van der Waals surface area contributed by atoms with Crippen molar-refractivity contribution in [3.05, 3.63) is 36.5 Å². The number of allylic oxidation sites excluding steroid dienone is 5. The summed E-state index contributed by atoms with van der Waals surface area (Å²) in [5.41, 5.74) is 0. The van der Waals surface area contributed by atoms with Gasteiger partial charge in [-0.05, 0) is 44.9 Å². The molecule has 0 radical (unpaired) electrons. The van der Waals surface area contributed by atoms with Crippen molar-refractivity contribution < 1.29 is 15.0 Å². The Morgan fingerprint density at radius 3 is 1.29 bits per heavy atom. The van der Waals surface area contributed by atoms with Crippen molar-refractivity contribution in [1.82, 2.24) is 5.32 Å². The molecule has 0 aromatic rings. The van der Waals surface area contributed by atoms with Gasteiger partial charge in [0.1, 0.15) is 0 Å². The molecule has 0 saturated heterocycles. The highest BCUT2D eigenvalue weighted by molar-refractivity contribution is 5.76. The monoisotopic (exact) mass is 632 g/mol. The van der Waals surface area contributed by atoms with E-state index < -0.39 is 12.1 Å². The van der Waals surface area contributed by atoms with Crippen LogP contribution >= 0.6 is 0 Å². The van der Waals surface area contributed by atoms with Crippen LogP contribution in [0, 0.1) is 0 Å². The molecule has 45 heavy (non-hydrogen) atoms. The van der Waals surface area contributed by atoms with Gasteiger partial charge in [0.25, 0.3) is 0 Å². The van der Waals surface area contributed by atoms with Gasteiger partial charge < -0.3 is 15.5 Å². The minimum absolute atomic E-state index is 0.104. The lowest BCUT2D eigenvalue weighted by atomic mass is 10.0. The van der Waals surface area contributed by atoms with Crippen LogP contribution in [0.4, 0.5) is 0 Å². The minimum atomic E-state index is -0.863. The van der Waals surface area contributed by atoms with Gasteiger partial charge in [-0.15, -0.1) is 0 Å². The Morgan fingerprint density at radius 1 is 0.511 bits per heavy atom. The van der Waals surface area contributed by atoms with Gasteiger partial charge in [-0.25, -0.2) is 0 Å². The van der Waals surface area contributed by atoms with Gasteiger partial charge in [0.05, 0.1) is 18.8 Å². The van der Waals surface area contributed by atoms with Crippen LogP contribution in [0.15, 0.2) is 36.5 Å². The van der Waals surface area contributed by atoms with Crippen molar-refractivity contribution in [2.24, 2.45) is 0 Å². The number of hydrogen-bond acceptors (Lipinski definition) is 3. The summed E-state index contributed by atoms with van der Waals surface area (Å²) >= 11 is 0. The molecule has 0 aliphatic heterocycles. The molecule has 4 heteroatoms. The van der Waals surface area contributed by atoms with E-state index in [9.17, 15) is 15.0 Å². The quantitative estimate of drug-likeness (QED) is 0.0481. The number of aliphatic hydroxyl groups is 2. The Labute approximate surface area is 281 Å². The van der Waals surface area contributed by atoms with Gasteiger partial charge in [0.2, 0.25) is 5.91 Å². The molecule has 4 nitrogen and oxygen atoms in total. The largest absolute Gasteiger partial charge is 0.394 e. The van der Waals surface area contributed by atoms with E-state index in [2.05, 4.69) is 43.5 Å². The fraction of sp³-hybridized carbons (Fsp3) is 0.829. The Morgan fingerprint density at radius 2 is 0.867 bits per heavy atom. The van der Waals surface area contributed by atoms with Crippen LogP contribution in [0.5, 0.6) is 0 Å². The predicted octanol–water partition coefficient (Wildman–Crippen LogP) is 11.8. The SMILES string of the molecule is CCCCCCCCCCCCCCCCCCCCCC/C=C/CC/C=C/CC/C=C/C(O)C(CO)NC(=O)CCCCC. The molecule has 0 spiro atoms. The fourth-order valence-corrected chi connectivity index (χ4v) is 5.80. The van der Waals surface area contributed by atoms with Crippen LogP contribution < -0.4 is 5.32 Å². The second kappa shape index (κ2) is 37.1. The van der Waals surface area contributed by atoms with Gasteiger partial charge >= 0.3 is 0 Å². The number of rotatable bonds is 35. The van der Waals surface area contributed by atoms with E-state index in [0.717, 1.165) is 44.9 Å². The Bertz CT molecular complexity index is 686. The van der Waals surface area contributed by atoms with Crippen molar-refractivity contribution in [1.29, 1.82) is 0 Å². The summed E-state index contributed by atoms with van der Waals surface area (Å²) in [5.74, 6) is -0.104. The van der Waals surface area contributed by atoms with E-state index in [-0.39, 0.29) is 12.5 Å². The molecule has 0 aromatic carbocycles. The van der Waals surface area contributed by atoms with Crippen LogP contribution in [0.3, 0.4) is 0 Å². The molecular formula is C41H77NO3. The second-order valence-corrected chi connectivity index (χ2v) is 13.3. The number of carbonyl (C=O) groups excluding carboxylic acids is 1. The van der Waals surface area contributed by atoms with E-state index >= 15 is 0 Å². The normalized spacial score (nSPS) is 13.4. The molecule has 0 rings (SSSR count). The number of unbranched alkanes of at least 4 members (excludes halogenated alkanes) is 24. The highest BCUT2D eigenvalue weighted by Gasteiger charge is 2.17. The van der Waals surface area contributed by atoms with Crippen LogP contribution in [0.2, 0.25) is 0 Å². The lowest BCUT2D eigenvalue weighted by molar-refractivity contribution is -0.123. The molecule has 0 fully saturated rings. The molecule has 2 unspecified atom stereocenters. The van der Waals surface area contributed by atoms with E-state index in [1.54, 1.807) is 6.08 Å². The van der Waals surface area contributed by atoms with E-state index in [0.29, 0.717) is 6.42 Å². The zero-order valence-electron chi connectivity index (χ0n) is 30.1. The third-order valence-electron chi connectivity index (χ3n) is 8.85. The average Bonchev–Trinajstić information content (AvgIpc) is 3.04.